The molecule has 0 aliphatic rings. The number of rotatable bonds is 1. The molecular formula is C12H10FN5. The van der Waals surface area contributed by atoms with E-state index in [9.17, 15) is 4.39 Å². The second-order valence-electron chi connectivity index (χ2n) is 3.93. The third-order valence-corrected chi connectivity index (χ3v) is 2.64. The number of halogens is 1. The minimum absolute atomic E-state index is 0.0837. The molecule has 0 saturated carbocycles. The molecule has 2 aromatic heterocycles. The number of H-pyrrole nitrogens is 1. The Morgan fingerprint density at radius 3 is 2.67 bits per heavy atom. The predicted molar refractivity (Wildman–Crippen MR) is 68.1 cm³/mol. The van der Waals surface area contributed by atoms with Gasteiger partial charge in [-0.05, 0) is 30.3 Å². The molecule has 3 rings (SSSR count). The Bertz CT molecular complexity index is 734. The summed E-state index contributed by atoms with van der Waals surface area (Å²) in [6, 6.07) is 7.91. The van der Waals surface area contributed by atoms with Crippen molar-refractivity contribution in [1.82, 2.24) is 15.0 Å². The van der Waals surface area contributed by atoms with E-state index in [1.165, 1.54) is 12.1 Å². The van der Waals surface area contributed by atoms with Crippen LogP contribution in [0.4, 0.5) is 15.9 Å². The summed E-state index contributed by atoms with van der Waals surface area (Å²) in [5.74, 6) is 0.534. The number of fused-ring (bicyclic) bond motifs is 1. The Hall–Kier alpha value is -2.63. The molecular weight excluding hydrogens is 233 g/mol. The molecule has 6 heteroatoms. The fraction of sp³-hybridized carbons (Fsp3) is 0. The Morgan fingerprint density at radius 1 is 1.06 bits per heavy atom. The average molecular weight is 243 g/mol. The van der Waals surface area contributed by atoms with E-state index >= 15 is 0 Å². The van der Waals surface area contributed by atoms with Crippen LogP contribution in [0.1, 0.15) is 0 Å². The van der Waals surface area contributed by atoms with Gasteiger partial charge in [-0.3, -0.25) is 0 Å². The van der Waals surface area contributed by atoms with E-state index in [1.807, 2.05) is 0 Å². The van der Waals surface area contributed by atoms with E-state index in [0.717, 1.165) is 5.52 Å². The van der Waals surface area contributed by atoms with Crippen molar-refractivity contribution >= 4 is 22.7 Å². The van der Waals surface area contributed by atoms with Crippen LogP contribution in [0, 0.1) is 5.82 Å². The van der Waals surface area contributed by atoms with Gasteiger partial charge in [0, 0.05) is 5.56 Å². The highest BCUT2D eigenvalue weighted by Gasteiger charge is 2.08. The molecule has 0 aliphatic heterocycles. The van der Waals surface area contributed by atoms with Gasteiger partial charge in [0.2, 0.25) is 0 Å². The third-order valence-electron chi connectivity index (χ3n) is 2.64. The van der Waals surface area contributed by atoms with Crippen molar-refractivity contribution in [3.8, 4) is 11.4 Å². The maximum atomic E-state index is 13.1. The molecule has 0 fully saturated rings. The highest BCUT2D eigenvalue weighted by atomic mass is 19.1. The van der Waals surface area contributed by atoms with Crippen molar-refractivity contribution in [2.24, 2.45) is 0 Å². The van der Waals surface area contributed by atoms with Crippen LogP contribution in [0.15, 0.2) is 30.3 Å². The van der Waals surface area contributed by atoms with Crippen LogP contribution in [-0.4, -0.2) is 15.0 Å². The van der Waals surface area contributed by atoms with Gasteiger partial charge in [0.1, 0.15) is 17.5 Å². The molecule has 0 spiro atoms. The summed E-state index contributed by atoms with van der Waals surface area (Å²) in [4.78, 5) is 11.5. The summed E-state index contributed by atoms with van der Waals surface area (Å²) in [6.07, 6.45) is 0. The summed E-state index contributed by atoms with van der Waals surface area (Å²) < 4.78 is 13.1. The fourth-order valence-electron chi connectivity index (χ4n) is 1.74. The molecule has 0 saturated heterocycles. The molecule has 18 heavy (non-hydrogen) atoms. The van der Waals surface area contributed by atoms with Crippen LogP contribution in [0.2, 0.25) is 0 Å². The first-order valence-electron chi connectivity index (χ1n) is 5.31. The number of nitrogen functional groups attached to an aromatic ring is 2. The monoisotopic (exact) mass is 243 g/mol. The van der Waals surface area contributed by atoms with Gasteiger partial charge in [-0.1, -0.05) is 0 Å². The number of benzene rings is 1. The van der Waals surface area contributed by atoms with Crippen LogP contribution in [0.3, 0.4) is 0 Å². The predicted octanol–water partition coefficient (Wildman–Crippen LogP) is 1.93. The van der Waals surface area contributed by atoms with Gasteiger partial charge in [0.25, 0.3) is 0 Å². The number of aromatic nitrogens is 3. The van der Waals surface area contributed by atoms with Crippen LogP contribution in [-0.2, 0) is 0 Å². The normalized spacial score (nSPS) is 10.9. The van der Waals surface area contributed by atoms with Gasteiger partial charge in [0.15, 0.2) is 5.65 Å². The second kappa shape index (κ2) is 3.69. The van der Waals surface area contributed by atoms with Crippen molar-refractivity contribution < 1.29 is 4.39 Å². The number of nitrogens with zero attached hydrogens (tertiary/aromatic N) is 2. The lowest BCUT2D eigenvalue weighted by Crippen LogP contribution is -1.91. The molecule has 1 aromatic carbocycles. The molecule has 0 amide bonds. The number of hydrogen-bond donors (Lipinski definition) is 3. The van der Waals surface area contributed by atoms with Gasteiger partial charge in [-0.2, -0.15) is 0 Å². The zero-order valence-corrected chi connectivity index (χ0v) is 9.31. The fourth-order valence-corrected chi connectivity index (χ4v) is 1.74. The average Bonchev–Trinajstić information content (AvgIpc) is 2.75. The molecule has 0 atom stereocenters. The van der Waals surface area contributed by atoms with E-state index in [1.54, 1.807) is 18.2 Å². The first-order valence-corrected chi connectivity index (χ1v) is 5.31. The Labute approximate surface area is 102 Å². The van der Waals surface area contributed by atoms with Crippen LogP contribution < -0.4 is 11.5 Å². The number of pyridine rings is 1. The number of anilines is 2. The van der Waals surface area contributed by atoms with Crippen LogP contribution >= 0.6 is 0 Å². The minimum atomic E-state index is -0.447. The molecule has 0 unspecified atom stereocenters. The summed E-state index contributed by atoms with van der Waals surface area (Å²) in [6.45, 7) is 0. The van der Waals surface area contributed by atoms with Crippen molar-refractivity contribution in [2.75, 3.05) is 11.5 Å². The summed E-state index contributed by atoms with van der Waals surface area (Å²) in [7, 11) is 0. The molecule has 2 heterocycles. The van der Waals surface area contributed by atoms with Crippen molar-refractivity contribution in [3.05, 3.63) is 36.1 Å². The Kier molecular flexibility index (Phi) is 2.16. The van der Waals surface area contributed by atoms with Crippen LogP contribution in [0.5, 0.6) is 0 Å². The van der Waals surface area contributed by atoms with E-state index < -0.39 is 5.82 Å². The van der Waals surface area contributed by atoms with Gasteiger partial charge >= 0.3 is 0 Å². The molecule has 0 bridgehead atoms. The number of hydrogen-bond acceptors (Lipinski definition) is 4. The molecule has 5 N–H and O–H groups in total. The molecule has 90 valence electrons. The van der Waals surface area contributed by atoms with Gasteiger partial charge in [-0.25, -0.2) is 14.4 Å². The second-order valence-corrected chi connectivity index (χ2v) is 3.93. The van der Waals surface area contributed by atoms with E-state index in [0.29, 0.717) is 22.9 Å². The number of aromatic amines is 1. The molecule has 0 radical (unpaired) electrons. The molecule has 3 aromatic rings. The third kappa shape index (κ3) is 1.64. The van der Waals surface area contributed by atoms with Gasteiger partial charge in [0.05, 0.1) is 11.2 Å². The highest BCUT2D eigenvalue weighted by Crippen LogP contribution is 2.23. The number of nitrogens with two attached hydrogens (primary N) is 2. The van der Waals surface area contributed by atoms with Crippen molar-refractivity contribution in [2.45, 2.75) is 0 Å². The molecule has 0 aliphatic carbocycles. The number of nitrogens with one attached hydrogen (secondary N) is 1. The summed E-state index contributed by atoms with van der Waals surface area (Å²) in [5.41, 5.74) is 13.2. The smallest absolute Gasteiger partial charge is 0.180 e. The lowest BCUT2D eigenvalue weighted by molar-refractivity contribution is 0.632. The largest absolute Gasteiger partial charge is 0.396 e. The first kappa shape index (κ1) is 10.5. The summed E-state index contributed by atoms with van der Waals surface area (Å²) >= 11 is 0. The highest BCUT2D eigenvalue weighted by molar-refractivity contribution is 5.77. The summed E-state index contributed by atoms with van der Waals surface area (Å²) in [5, 5.41) is 0. The maximum Gasteiger partial charge on any atom is 0.180 e. The zero-order valence-electron chi connectivity index (χ0n) is 9.31. The quantitative estimate of drug-likeness (QED) is 0.569. The van der Waals surface area contributed by atoms with Gasteiger partial charge in [-0.15, -0.1) is 0 Å². The maximum absolute atomic E-state index is 13.1. The standard InChI is InChI=1S/C12H10FN5/c13-7-2-1-6(5-8(7)14)11-16-9-3-4-10(15)17-12(9)18-11/h1-5H,14H2,(H3,15,16,17,18). The Morgan fingerprint density at radius 2 is 1.89 bits per heavy atom. The first-order chi connectivity index (χ1) is 8.63. The van der Waals surface area contributed by atoms with E-state index in [-0.39, 0.29) is 5.69 Å². The van der Waals surface area contributed by atoms with Crippen LogP contribution in [0.25, 0.3) is 22.6 Å². The SMILES string of the molecule is Nc1ccc2[nH]c(-c3ccc(F)c(N)c3)nc2n1. The lowest BCUT2D eigenvalue weighted by Gasteiger charge is -1.99. The topological polar surface area (TPSA) is 93.6 Å². The number of imidazole rings is 1. The minimum Gasteiger partial charge on any atom is -0.396 e. The molecule has 5 nitrogen and oxygen atoms in total. The van der Waals surface area contributed by atoms with Crippen molar-refractivity contribution in [1.29, 1.82) is 0 Å². The zero-order chi connectivity index (χ0) is 12.7. The Balaban J connectivity index is 2.16. The van der Waals surface area contributed by atoms with Gasteiger partial charge < -0.3 is 16.5 Å². The lowest BCUT2D eigenvalue weighted by atomic mass is 10.2. The van der Waals surface area contributed by atoms with E-state index in [2.05, 4.69) is 15.0 Å². The van der Waals surface area contributed by atoms with Crippen molar-refractivity contribution in [3.63, 3.8) is 0 Å². The van der Waals surface area contributed by atoms with E-state index in [4.69, 9.17) is 11.5 Å².